The first kappa shape index (κ1) is 23.6. The highest BCUT2D eigenvalue weighted by Gasteiger charge is 2.44. The standard InChI is InChI=1S/C29H23ClN6O3/c30-23-17-36(20-4-2-1-3-5-20)24-8-6-19(15-21(23)24)28(38)35-12-10-29(11-13-35)16-25(37)22-14-18(7-9-26(22)39-29)27-31-33-34-32-27/h1-9,14-15,17H,10-13,16H2,(H,31,32,33,34). The Morgan fingerprint density at radius 3 is 2.62 bits per heavy atom. The van der Waals surface area contributed by atoms with E-state index in [0.29, 0.717) is 53.7 Å². The van der Waals surface area contributed by atoms with Crippen LogP contribution in [-0.4, -0.2) is 60.5 Å². The summed E-state index contributed by atoms with van der Waals surface area (Å²) in [6.45, 7) is 1.00. The van der Waals surface area contributed by atoms with Gasteiger partial charge in [0.25, 0.3) is 5.91 Å². The average Bonchev–Trinajstić information content (AvgIpc) is 3.62. The van der Waals surface area contributed by atoms with Gasteiger partial charge in [-0.2, -0.15) is 0 Å². The van der Waals surface area contributed by atoms with Crippen LogP contribution in [0.3, 0.4) is 0 Å². The Morgan fingerprint density at radius 2 is 1.85 bits per heavy atom. The second kappa shape index (κ2) is 9.06. The highest BCUT2D eigenvalue weighted by molar-refractivity contribution is 6.35. The summed E-state index contributed by atoms with van der Waals surface area (Å²) in [7, 11) is 0. The van der Waals surface area contributed by atoms with Gasteiger partial charge in [-0.05, 0) is 59.0 Å². The molecule has 9 nitrogen and oxygen atoms in total. The van der Waals surface area contributed by atoms with Crippen LogP contribution in [0.5, 0.6) is 5.75 Å². The van der Waals surface area contributed by atoms with Gasteiger partial charge in [0.2, 0.25) is 0 Å². The second-order valence-electron chi connectivity index (χ2n) is 10.1. The van der Waals surface area contributed by atoms with E-state index in [1.807, 2.05) is 70.3 Å². The van der Waals surface area contributed by atoms with Crippen LogP contribution < -0.4 is 4.74 Å². The fourth-order valence-corrected chi connectivity index (χ4v) is 5.88. The van der Waals surface area contributed by atoms with Gasteiger partial charge in [0.05, 0.1) is 22.5 Å². The molecule has 2 aliphatic heterocycles. The first-order valence-corrected chi connectivity index (χ1v) is 13.1. The third-order valence-electron chi connectivity index (χ3n) is 7.71. The predicted molar refractivity (Wildman–Crippen MR) is 145 cm³/mol. The number of ketones is 1. The number of para-hydroxylation sites is 1. The van der Waals surface area contributed by atoms with Crippen molar-refractivity contribution in [3.63, 3.8) is 0 Å². The van der Waals surface area contributed by atoms with E-state index in [0.717, 1.165) is 22.2 Å². The van der Waals surface area contributed by atoms with Crippen LogP contribution in [0.15, 0.2) is 72.9 Å². The van der Waals surface area contributed by atoms with E-state index in [9.17, 15) is 9.59 Å². The first-order valence-electron chi connectivity index (χ1n) is 12.8. The van der Waals surface area contributed by atoms with E-state index in [2.05, 4.69) is 20.6 Å². The van der Waals surface area contributed by atoms with Crippen molar-refractivity contribution in [3.8, 4) is 22.8 Å². The predicted octanol–water partition coefficient (Wildman–Crippen LogP) is 5.10. The summed E-state index contributed by atoms with van der Waals surface area (Å²) in [4.78, 5) is 28.4. The van der Waals surface area contributed by atoms with Crippen LogP contribution in [0.2, 0.25) is 5.02 Å². The molecule has 2 aromatic heterocycles. The summed E-state index contributed by atoms with van der Waals surface area (Å²) < 4.78 is 8.44. The van der Waals surface area contributed by atoms with Gasteiger partial charge in [-0.1, -0.05) is 29.8 Å². The van der Waals surface area contributed by atoms with E-state index in [-0.39, 0.29) is 18.1 Å². The zero-order valence-corrected chi connectivity index (χ0v) is 21.6. The Kier molecular flexibility index (Phi) is 5.48. The molecule has 0 saturated carbocycles. The van der Waals surface area contributed by atoms with Gasteiger partial charge in [0.15, 0.2) is 11.6 Å². The quantitative estimate of drug-likeness (QED) is 0.342. The van der Waals surface area contributed by atoms with Crippen molar-refractivity contribution in [3.05, 3.63) is 89.1 Å². The monoisotopic (exact) mass is 538 g/mol. The summed E-state index contributed by atoms with van der Waals surface area (Å²) in [5, 5.41) is 15.2. The van der Waals surface area contributed by atoms with Crippen LogP contribution in [0, 0.1) is 0 Å². The zero-order valence-electron chi connectivity index (χ0n) is 20.8. The van der Waals surface area contributed by atoms with Crippen molar-refractivity contribution >= 4 is 34.2 Å². The van der Waals surface area contributed by atoms with Gasteiger partial charge in [0, 0.05) is 54.3 Å². The SMILES string of the molecule is O=C1CC2(CCN(C(=O)c3ccc4c(c3)c(Cl)cn4-c3ccccc3)CC2)Oc2ccc(-c3nnn[nH]3)cc21. The second-order valence-corrected chi connectivity index (χ2v) is 10.5. The van der Waals surface area contributed by atoms with E-state index in [1.165, 1.54) is 0 Å². The maximum atomic E-state index is 13.5. The first-order chi connectivity index (χ1) is 19.0. The molecule has 0 bridgehead atoms. The van der Waals surface area contributed by atoms with Crippen molar-refractivity contribution < 1.29 is 14.3 Å². The van der Waals surface area contributed by atoms with Crippen LogP contribution in [0.1, 0.15) is 40.0 Å². The largest absolute Gasteiger partial charge is 0.486 e. The highest BCUT2D eigenvalue weighted by atomic mass is 35.5. The molecule has 2 aliphatic rings. The summed E-state index contributed by atoms with van der Waals surface area (Å²) in [6, 6.07) is 21.0. The van der Waals surface area contributed by atoms with Gasteiger partial charge in [-0.25, -0.2) is 5.10 Å². The molecule has 1 N–H and O–H groups in total. The van der Waals surface area contributed by atoms with E-state index in [1.54, 1.807) is 12.1 Å². The van der Waals surface area contributed by atoms with Crippen LogP contribution in [0.25, 0.3) is 28.0 Å². The highest BCUT2D eigenvalue weighted by Crippen LogP contribution is 2.41. The maximum Gasteiger partial charge on any atom is 0.253 e. The lowest BCUT2D eigenvalue weighted by molar-refractivity contribution is -0.00569. The number of nitrogens with one attached hydrogen (secondary N) is 1. The molecule has 0 atom stereocenters. The zero-order chi connectivity index (χ0) is 26.6. The van der Waals surface area contributed by atoms with Gasteiger partial charge in [-0.15, -0.1) is 5.10 Å². The number of carbonyl (C=O) groups excluding carboxylic acids is 2. The smallest absolute Gasteiger partial charge is 0.253 e. The Morgan fingerprint density at radius 1 is 1.03 bits per heavy atom. The number of piperidine rings is 1. The van der Waals surface area contributed by atoms with Crippen LogP contribution in [-0.2, 0) is 0 Å². The number of nitrogens with zero attached hydrogens (tertiary/aromatic N) is 5. The van der Waals surface area contributed by atoms with Crippen LogP contribution in [0.4, 0.5) is 0 Å². The number of aromatic nitrogens is 5. The van der Waals surface area contributed by atoms with Gasteiger partial charge in [-0.3, -0.25) is 9.59 Å². The minimum atomic E-state index is -0.615. The van der Waals surface area contributed by atoms with Crippen LogP contribution >= 0.6 is 11.6 Å². The molecule has 7 rings (SSSR count). The molecule has 4 heterocycles. The fraction of sp³-hybridized carbons (Fsp3) is 0.207. The number of halogens is 1. The van der Waals surface area contributed by atoms with E-state index in [4.69, 9.17) is 16.3 Å². The number of likely N-dealkylation sites (tertiary alicyclic amines) is 1. The topological polar surface area (TPSA) is 106 Å². The molecule has 0 radical (unpaired) electrons. The van der Waals surface area contributed by atoms with Crippen molar-refractivity contribution in [2.24, 2.45) is 0 Å². The molecule has 10 heteroatoms. The minimum Gasteiger partial charge on any atom is -0.486 e. The number of H-pyrrole nitrogens is 1. The Hall–Kier alpha value is -4.50. The normalized spacial score (nSPS) is 16.3. The van der Waals surface area contributed by atoms with Crippen molar-refractivity contribution in [2.45, 2.75) is 24.9 Å². The van der Waals surface area contributed by atoms with Gasteiger partial charge >= 0.3 is 0 Å². The number of ether oxygens (including phenoxy) is 1. The Balaban J connectivity index is 1.08. The number of carbonyl (C=O) groups is 2. The molecule has 0 unspecified atom stereocenters. The summed E-state index contributed by atoms with van der Waals surface area (Å²) in [5.74, 6) is 1.02. The molecule has 194 valence electrons. The molecule has 3 aromatic carbocycles. The lowest BCUT2D eigenvalue weighted by Crippen LogP contribution is -2.52. The number of fused-ring (bicyclic) bond motifs is 2. The molecule has 0 aliphatic carbocycles. The maximum absolute atomic E-state index is 13.5. The minimum absolute atomic E-state index is 0.0216. The Labute approximate surface area is 228 Å². The molecular formula is C29H23ClN6O3. The van der Waals surface area contributed by atoms with E-state index < -0.39 is 5.60 Å². The van der Waals surface area contributed by atoms with Crippen molar-refractivity contribution in [2.75, 3.05) is 13.1 Å². The van der Waals surface area contributed by atoms with Gasteiger partial charge in [0.1, 0.15) is 11.4 Å². The van der Waals surface area contributed by atoms with E-state index >= 15 is 0 Å². The molecular weight excluding hydrogens is 516 g/mol. The van der Waals surface area contributed by atoms with Gasteiger partial charge < -0.3 is 14.2 Å². The number of hydrogen-bond donors (Lipinski definition) is 1. The molecule has 1 amide bonds. The lowest BCUT2D eigenvalue weighted by Gasteiger charge is -2.44. The summed E-state index contributed by atoms with van der Waals surface area (Å²) in [5.41, 5.74) is 3.17. The molecule has 5 aromatic rings. The lowest BCUT2D eigenvalue weighted by atomic mass is 9.82. The molecule has 1 saturated heterocycles. The van der Waals surface area contributed by atoms with Crippen molar-refractivity contribution in [1.29, 1.82) is 0 Å². The number of benzene rings is 3. The number of Topliss-reactive ketones (excluding diaryl/α,β-unsaturated/α-hetero) is 1. The van der Waals surface area contributed by atoms with Crippen molar-refractivity contribution in [1.82, 2.24) is 30.1 Å². The summed E-state index contributed by atoms with van der Waals surface area (Å²) >= 11 is 6.58. The molecule has 1 spiro atoms. The number of tetrazole rings is 1. The third kappa shape index (κ3) is 4.06. The average molecular weight is 539 g/mol. The third-order valence-corrected chi connectivity index (χ3v) is 8.01. The number of hydrogen-bond acceptors (Lipinski definition) is 6. The Bertz CT molecular complexity index is 1720. The fourth-order valence-electron chi connectivity index (χ4n) is 5.63. The molecule has 1 fully saturated rings. The number of rotatable bonds is 3. The number of aromatic amines is 1. The molecule has 39 heavy (non-hydrogen) atoms. The summed E-state index contributed by atoms with van der Waals surface area (Å²) in [6.07, 6.45) is 3.30. The number of amides is 1.